The van der Waals surface area contributed by atoms with Crippen LogP contribution >= 0.6 is 0 Å². The number of carbonyl (C=O) groups is 1. The standard InChI is InChI=1S/C18H21NO4/c1-21-16-7-3-13(4-8-16)11-19(15-5-6-15)12-14-9-10-23-17(14)18(20)22-2/h3-4,7-10,15H,5-6,11-12H2,1-2H3. The number of esters is 1. The average molecular weight is 315 g/mol. The molecule has 0 bridgehead atoms. The highest BCUT2D eigenvalue weighted by Gasteiger charge is 2.30. The maximum absolute atomic E-state index is 11.7. The van der Waals surface area contributed by atoms with E-state index in [4.69, 9.17) is 13.9 Å². The van der Waals surface area contributed by atoms with Gasteiger partial charge in [-0.25, -0.2) is 4.79 Å². The number of ether oxygens (including phenoxy) is 2. The van der Waals surface area contributed by atoms with E-state index in [0.29, 0.717) is 18.3 Å². The average Bonchev–Trinajstić information content (AvgIpc) is 3.33. The van der Waals surface area contributed by atoms with Crippen LogP contribution in [0.25, 0.3) is 0 Å². The van der Waals surface area contributed by atoms with E-state index in [0.717, 1.165) is 17.9 Å². The van der Waals surface area contributed by atoms with Gasteiger partial charge in [-0.05, 0) is 36.6 Å². The number of carbonyl (C=O) groups excluding carboxylic acids is 1. The summed E-state index contributed by atoms with van der Waals surface area (Å²) in [5.74, 6) is 0.729. The lowest BCUT2D eigenvalue weighted by atomic mass is 10.1. The molecule has 1 saturated carbocycles. The van der Waals surface area contributed by atoms with Crippen molar-refractivity contribution in [2.24, 2.45) is 0 Å². The molecule has 0 N–H and O–H groups in total. The maximum Gasteiger partial charge on any atom is 0.374 e. The summed E-state index contributed by atoms with van der Waals surface area (Å²) in [6.45, 7) is 1.51. The van der Waals surface area contributed by atoms with Gasteiger partial charge in [0.05, 0.1) is 20.5 Å². The van der Waals surface area contributed by atoms with E-state index in [-0.39, 0.29) is 0 Å². The summed E-state index contributed by atoms with van der Waals surface area (Å²) in [6, 6.07) is 10.5. The third-order valence-electron chi connectivity index (χ3n) is 4.10. The van der Waals surface area contributed by atoms with Gasteiger partial charge in [0.2, 0.25) is 5.76 Å². The van der Waals surface area contributed by atoms with Gasteiger partial charge < -0.3 is 13.9 Å². The quantitative estimate of drug-likeness (QED) is 0.734. The number of hydrogen-bond donors (Lipinski definition) is 0. The number of furan rings is 1. The van der Waals surface area contributed by atoms with Crippen LogP contribution in [0.3, 0.4) is 0 Å². The van der Waals surface area contributed by atoms with Crippen LogP contribution in [0, 0.1) is 0 Å². The first-order valence-corrected chi connectivity index (χ1v) is 7.73. The van der Waals surface area contributed by atoms with Crippen molar-refractivity contribution >= 4 is 5.97 Å². The summed E-state index contributed by atoms with van der Waals surface area (Å²) in [5.41, 5.74) is 2.10. The normalized spacial score (nSPS) is 14.0. The van der Waals surface area contributed by atoms with E-state index in [1.165, 1.54) is 25.5 Å². The van der Waals surface area contributed by atoms with Crippen LogP contribution in [0.2, 0.25) is 0 Å². The van der Waals surface area contributed by atoms with Gasteiger partial charge in [0.1, 0.15) is 5.75 Å². The first-order valence-electron chi connectivity index (χ1n) is 7.73. The molecule has 1 aromatic heterocycles. The Kier molecular flexibility index (Phi) is 4.67. The monoisotopic (exact) mass is 315 g/mol. The Bertz CT molecular complexity index is 658. The summed E-state index contributed by atoms with van der Waals surface area (Å²) < 4.78 is 15.2. The van der Waals surface area contributed by atoms with E-state index in [2.05, 4.69) is 17.0 Å². The molecule has 1 aliphatic rings. The van der Waals surface area contributed by atoms with Gasteiger partial charge in [0.15, 0.2) is 0 Å². The Labute approximate surface area is 135 Å². The van der Waals surface area contributed by atoms with Crippen LogP contribution in [0.4, 0.5) is 0 Å². The van der Waals surface area contributed by atoms with E-state index in [1.54, 1.807) is 13.4 Å². The molecule has 0 atom stereocenters. The van der Waals surface area contributed by atoms with Crippen LogP contribution in [0.15, 0.2) is 41.0 Å². The number of benzene rings is 1. The van der Waals surface area contributed by atoms with Gasteiger partial charge in [0, 0.05) is 24.7 Å². The minimum atomic E-state index is -0.426. The van der Waals surface area contributed by atoms with Crippen molar-refractivity contribution in [2.75, 3.05) is 14.2 Å². The van der Waals surface area contributed by atoms with Gasteiger partial charge in [-0.2, -0.15) is 0 Å². The molecule has 5 nitrogen and oxygen atoms in total. The van der Waals surface area contributed by atoms with Crippen molar-refractivity contribution in [2.45, 2.75) is 32.0 Å². The summed E-state index contributed by atoms with van der Waals surface area (Å²) in [6.07, 6.45) is 3.93. The molecule has 1 fully saturated rings. The minimum absolute atomic E-state index is 0.299. The van der Waals surface area contributed by atoms with Crippen molar-refractivity contribution in [1.82, 2.24) is 4.90 Å². The Morgan fingerprint density at radius 3 is 2.52 bits per heavy atom. The van der Waals surface area contributed by atoms with Crippen molar-refractivity contribution in [3.8, 4) is 5.75 Å². The highest BCUT2D eigenvalue weighted by Crippen LogP contribution is 2.31. The van der Waals surface area contributed by atoms with Crippen molar-refractivity contribution < 1.29 is 18.7 Å². The van der Waals surface area contributed by atoms with Crippen LogP contribution in [0.1, 0.15) is 34.5 Å². The highest BCUT2D eigenvalue weighted by atomic mass is 16.5. The number of rotatable bonds is 7. The molecular formula is C18H21NO4. The molecule has 0 radical (unpaired) electrons. The minimum Gasteiger partial charge on any atom is -0.497 e. The van der Waals surface area contributed by atoms with E-state index < -0.39 is 5.97 Å². The summed E-state index contributed by atoms with van der Waals surface area (Å²) in [7, 11) is 3.03. The highest BCUT2D eigenvalue weighted by molar-refractivity contribution is 5.87. The molecule has 0 aliphatic heterocycles. The molecule has 1 aliphatic carbocycles. The first kappa shape index (κ1) is 15.6. The molecule has 1 aromatic carbocycles. The van der Waals surface area contributed by atoms with E-state index >= 15 is 0 Å². The SMILES string of the molecule is COC(=O)c1occc1CN(Cc1ccc(OC)cc1)C1CC1. The predicted molar refractivity (Wildman–Crippen MR) is 85.3 cm³/mol. The predicted octanol–water partition coefficient (Wildman–Crippen LogP) is 3.24. The number of nitrogens with zero attached hydrogens (tertiary/aromatic N) is 1. The second kappa shape index (κ2) is 6.87. The maximum atomic E-state index is 11.7. The molecule has 0 saturated heterocycles. The molecule has 2 aromatic rings. The Morgan fingerprint density at radius 1 is 1.17 bits per heavy atom. The molecular weight excluding hydrogens is 294 g/mol. The molecule has 3 rings (SSSR count). The molecule has 5 heteroatoms. The van der Waals surface area contributed by atoms with Crippen molar-refractivity contribution in [1.29, 1.82) is 0 Å². The fourth-order valence-electron chi connectivity index (χ4n) is 2.67. The Balaban J connectivity index is 1.72. The smallest absolute Gasteiger partial charge is 0.374 e. The summed E-state index contributed by atoms with van der Waals surface area (Å²) in [5, 5.41) is 0. The Morgan fingerprint density at radius 2 is 1.91 bits per heavy atom. The lowest BCUT2D eigenvalue weighted by Crippen LogP contribution is -2.25. The fraction of sp³-hybridized carbons (Fsp3) is 0.389. The second-order valence-corrected chi connectivity index (χ2v) is 5.75. The number of hydrogen-bond acceptors (Lipinski definition) is 5. The fourth-order valence-corrected chi connectivity index (χ4v) is 2.67. The molecule has 122 valence electrons. The summed E-state index contributed by atoms with van der Waals surface area (Å²) in [4.78, 5) is 14.1. The van der Waals surface area contributed by atoms with Crippen molar-refractivity contribution in [3.63, 3.8) is 0 Å². The van der Waals surface area contributed by atoms with Crippen LogP contribution in [-0.4, -0.2) is 31.1 Å². The van der Waals surface area contributed by atoms with E-state index in [1.807, 2.05) is 18.2 Å². The molecule has 1 heterocycles. The topological polar surface area (TPSA) is 51.9 Å². The molecule has 0 spiro atoms. The molecule has 23 heavy (non-hydrogen) atoms. The van der Waals surface area contributed by atoms with Crippen LogP contribution < -0.4 is 4.74 Å². The number of methoxy groups -OCH3 is 2. The van der Waals surface area contributed by atoms with Gasteiger partial charge in [-0.15, -0.1) is 0 Å². The third-order valence-corrected chi connectivity index (χ3v) is 4.10. The second-order valence-electron chi connectivity index (χ2n) is 5.75. The van der Waals surface area contributed by atoms with Gasteiger partial charge in [0.25, 0.3) is 0 Å². The Hall–Kier alpha value is -2.27. The lowest BCUT2D eigenvalue weighted by molar-refractivity contribution is 0.0561. The van der Waals surface area contributed by atoms with Gasteiger partial charge in [-0.3, -0.25) is 4.90 Å². The largest absolute Gasteiger partial charge is 0.497 e. The third kappa shape index (κ3) is 3.74. The first-order chi connectivity index (χ1) is 11.2. The zero-order valence-electron chi connectivity index (χ0n) is 13.5. The lowest BCUT2D eigenvalue weighted by Gasteiger charge is -2.22. The van der Waals surface area contributed by atoms with Crippen molar-refractivity contribution in [3.05, 3.63) is 53.5 Å². The molecule has 0 unspecified atom stereocenters. The zero-order valence-corrected chi connectivity index (χ0v) is 13.5. The molecule has 0 amide bonds. The van der Waals surface area contributed by atoms with Gasteiger partial charge >= 0.3 is 5.97 Å². The van der Waals surface area contributed by atoms with Gasteiger partial charge in [-0.1, -0.05) is 12.1 Å². The summed E-state index contributed by atoms with van der Waals surface area (Å²) >= 11 is 0. The van der Waals surface area contributed by atoms with Crippen LogP contribution in [0.5, 0.6) is 5.75 Å². The van der Waals surface area contributed by atoms with E-state index in [9.17, 15) is 4.79 Å². The van der Waals surface area contributed by atoms with Crippen LogP contribution in [-0.2, 0) is 17.8 Å². The zero-order chi connectivity index (χ0) is 16.2.